The lowest BCUT2D eigenvalue weighted by Gasteiger charge is -2.10. The quantitative estimate of drug-likeness (QED) is 0.526. The Morgan fingerprint density at radius 2 is 2.00 bits per heavy atom. The highest BCUT2D eigenvalue weighted by atomic mass is 32.1. The van der Waals surface area contributed by atoms with Gasteiger partial charge in [-0.05, 0) is 23.1 Å². The molecule has 0 atom stereocenters. The van der Waals surface area contributed by atoms with Crippen molar-refractivity contribution in [2.45, 2.75) is 13.1 Å². The molecule has 4 aromatic rings. The second-order valence-electron chi connectivity index (χ2n) is 6.55. The lowest BCUT2D eigenvalue weighted by molar-refractivity contribution is -0.121. The first-order valence-electron chi connectivity index (χ1n) is 8.81. The van der Waals surface area contributed by atoms with Crippen LogP contribution in [0.4, 0.5) is 0 Å². The molecule has 9 nitrogen and oxygen atoms in total. The highest BCUT2D eigenvalue weighted by molar-refractivity contribution is 7.08. The predicted octanol–water partition coefficient (Wildman–Crippen LogP) is 0.874. The third kappa shape index (κ3) is 3.38. The van der Waals surface area contributed by atoms with Crippen LogP contribution in [-0.2, 0) is 32.0 Å². The first-order chi connectivity index (χ1) is 14.0. The third-order valence-electron chi connectivity index (χ3n) is 4.69. The van der Waals surface area contributed by atoms with Crippen molar-refractivity contribution in [2.75, 3.05) is 0 Å². The second kappa shape index (κ2) is 7.47. The number of aryl methyl sites for hydroxylation is 1. The fourth-order valence-corrected chi connectivity index (χ4v) is 3.80. The molecule has 0 radical (unpaired) electrons. The zero-order valence-electron chi connectivity index (χ0n) is 15.8. The van der Waals surface area contributed by atoms with E-state index in [1.165, 1.54) is 29.6 Å². The monoisotopic (exact) mass is 410 g/mol. The van der Waals surface area contributed by atoms with Gasteiger partial charge in [-0.3, -0.25) is 23.7 Å². The van der Waals surface area contributed by atoms with Gasteiger partial charge >= 0.3 is 5.69 Å². The number of aromatic nitrogens is 5. The highest BCUT2D eigenvalue weighted by Gasteiger charge is 2.16. The van der Waals surface area contributed by atoms with E-state index in [1.807, 2.05) is 29.0 Å². The van der Waals surface area contributed by atoms with Crippen LogP contribution in [0.3, 0.4) is 0 Å². The Morgan fingerprint density at radius 3 is 2.76 bits per heavy atom. The molecule has 148 valence electrons. The summed E-state index contributed by atoms with van der Waals surface area (Å²) in [7, 11) is 2.94. The molecule has 0 fully saturated rings. The van der Waals surface area contributed by atoms with E-state index in [0.717, 1.165) is 21.4 Å². The number of imidazole rings is 1. The van der Waals surface area contributed by atoms with Crippen molar-refractivity contribution in [3.63, 3.8) is 0 Å². The molecule has 29 heavy (non-hydrogen) atoms. The molecule has 1 N–H and O–H groups in total. The summed E-state index contributed by atoms with van der Waals surface area (Å²) in [5.74, 6) is -0.277. The zero-order chi connectivity index (χ0) is 20.5. The normalized spacial score (nSPS) is 11.1. The summed E-state index contributed by atoms with van der Waals surface area (Å²) >= 11 is 1.58. The van der Waals surface area contributed by atoms with Crippen LogP contribution in [0, 0.1) is 0 Å². The van der Waals surface area contributed by atoms with E-state index in [4.69, 9.17) is 0 Å². The molecular weight excluding hydrogens is 392 g/mol. The van der Waals surface area contributed by atoms with E-state index in [1.54, 1.807) is 17.5 Å². The molecule has 0 unspecified atom stereocenters. The van der Waals surface area contributed by atoms with Crippen LogP contribution in [0.15, 0.2) is 51.1 Å². The molecule has 0 aromatic carbocycles. The SMILES string of the molecule is Cn1c(=O)c2c(ncn2CC(=O)NCc2cccnc2-c2ccsc2)n(C)c1=O. The molecule has 0 aliphatic rings. The average Bonchev–Trinajstić information content (AvgIpc) is 3.40. The number of hydrogen-bond donors (Lipinski definition) is 1. The smallest absolute Gasteiger partial charge is 0.332 e. The number of hydrogen-bond acceptors (Lipinski definition) is 6. The van der Waals surface area contributed by atoms with Crippen LogP contribution in [-0.4, -0.2) is 29.6 Å². The van der Waals surface area contributed by atoms with Gasteiger partial charge in [0.05, 0.1) is 12.0 Å². The number of nitrogens with zero attached hydrogens (tertiary/aromatic N) is 5. The number of pyridine rings is 1. The van der Waals surface area contributed by atoms with Crippen LogP contribution < -0.4 is 16.6 Å². The summed E-state index contributed by atoms with van der Waals surface area (Å²) in [4.78, 5) is 45.5. The maximum absolute atomic E-state index is 12.5. The number of rotatable bonds is 5. The van der Waals surface area contributed by atoms with Gasteiger partial charge < -0.3 is 9.88 Å². The van der Waals surface area contributed by atoms with Gasteiger partial charge in [0.1, 0.15) is 6.54 Å². The van der Waals surface area contributed by atoms with E-state index in [2.05, 4.69) is 15.3 Å². The number of carbonyl (C=O) groups is 1. The number of amides is 1. The molecule has 4 heterocycles. The first kappa shape index (κ1) is 18.8. The fourth-order valence-electron chi connectivity index (χ4n) is 3.16. The Morgan fingerprint density at radius 1 is 1.17 bits per heavy atom. The van der Waals surface area contributed by atoms with Crippen LogP contribution in [0.25, 0.3) is 22.4 Å². The van der Waals surface area contributed by atoms with Crippen LogP contribution in [0.1, 0.15) is 5.56 Å². The zero-order valence-corrected chi connectivity index (χ0v) is 16.6. The lowest BCUT2D eigenvalue weighted by Crippen LogP contribution is -2.38. The number of thiophene rings is 1. The van der Waals surface area contributed by atoms with Crippen molar-refractivity contribution in [1.29, 1.82) is 0 Å². The first-order valence-corrected chi connectivity index (χ1v) is 9.75. The Hall–Kier alpha value is -3.53. The predicted molar refractivity (Wildman–Crippen MR) is 110 cm³/mol. The lowest BCUT2D eigenvalue weighted by atomic mass is 10.1. The molecule has 10 heteroatoms. The molecule has 0 spiro atoms. The average molecular weight is 410 g/mol. The minimum atomic E-state index is -0.486. The standard InChI is InChI=1S/C19H18N6O3S/c1-23-17-16(18(27)24(2)19(23)28)25(11-22-17)9-14(26)21-8-12-4-3-6-20-15(12)13-5-7-29-10-13/h3-7,10-11H,8-9H2,1-2H3,(H,21,26). The molecular formula is C19H18N6O3S. The highest BCUT2D eigenvalue weighted by Crippen LogP contribution is 2.23. The molecule has 0 saturated heterocycles. The van der Waals surface area contributed by atoms with Gasteiger partial charge in [-0.15, -0.1) is 0 Å². The molecule has 4 rings (SSSR count). The van der Waals surface area contributed by atoms with Crippen LogP contribution >= 0.6 is 11.3 Å². The molecule has 0 saturated carbocycles. The van der Waals surface area contributed by atoms with E-state index in [0.29, 0.717) is 6.54 Å². The summed E-state index contributed by atoms with van der Waals surface area (Å²) in [6, 6.07) is 5.72. The number of nitrogens with one attached hydrogen (secondary N) is 1. The second-order valence-corrected chi connectivity index (χ2v) is 7.33. The van der Waals surface area contributed by atoms with Crippen LogP contribution in [0.5, 0.6) is 0 Å². The maximum atomic E-state index is 12.5. The Labute approximate surface area is 168 Å². The largest absolute Gasteiger partial charge is 0.350 e. The van der Waals surface area contributed by atoms with E-state index in [9.17, 15) is 14.4 Å². The van der Waals surface area contributed by atoms with E-state index >= 15 is 0 Å². The van der Waals surface area contributed by atoms with Crippen molar-refractivity contribution in [3.05, 3.63) is 67.9 Å². The van der Waals surface area contributed by atoms with Crippen molar-refractivity contribution in [3.8, 4) is 11.3 Å². The molecule has 0 aliphatic carbocycles. The van der Waals surface area contributed by atoms with Gasteiger partial charge in [0, 0.05) is 37.8 Å². The minimum absolute atomic E-state index is 0.0853. The molecule has 0 aliphatic heterocycles. The Bertz CT molecular complexity index is 1320. The fraction of sp³-hybridized carbons (Fsp3) is 0.211. The summed E-state index contributed by atoms with van der Waals surface area (Å²) in [5, 5.41) is 6.84. The summed E-state index contributed by atoms with van der Waals surface area (Å²) in [6.45, 7) is 0.221. The summed E-state index contributed by atoms with van der Waals surface area (Å²) in [5.41, 5.74) is 2.24. The van der Waals surface area contributed by atoms with Crippen LogP contribution in [0.2, 0.25) is 0 Å². The topological polar surface area (TPSA) is 104 Å². The van der Waals surface area contributed by atoms with Gasteiger partial charge in [-0.25, -0.2) is 9.78 Å². The Balaban J connectivity index is 1.55. The Kier molecular flexibility index (Phi) is 4.85. The molecule has 1 amide bonds. The van der Waals surface area contributed by atoms with Gasteiger partial charge in [-0.2, -0.15) is 11.3 Å². The summed E-state index contributed by atoms with van der Waals surface area (Å²) in [6.07, 6.45) is 3.11. The van der Waals surface area contributed by atoms with Crippen molar-refractivity contribution in [2.24, 2.45) is 14.1 Å². The van der Waals surface area contributed by atoms with Crippen molar-refractivity contribution < 1.29 is 4.79 Å². The minimum Gasteiger partial charge on any atom is -0.350 e. The number of carbonyl (C=O) groups excluding carboxylic acids is 1. The molecule has 0 bridgehead atoms. The van der Waals surface area contributed by atoms with Crippen molar-refractivity contribution in [1.82, 2.24) is 29.0 Å². The van der Waals surface area contributed by atoms with Gasteiger partial charge in [0.15, 0.2) is 11.2 Å². The van der Waals surface area contributed by atoms with Gasteiger partial charge in [-0.1, -0.05) is 6.07 Å². The van der Waals surface area contributed by atoms with Gasteiger partial charge in [0.25, 0.3) is 5.56 Å². The summed E-state index contributed by atoms with van der Waals surface area (Å²) < 4.78 is 3.74. The maximum Gasteiger partial charge on any atom is 0.332 e. The van der Waals surface area contributed by atoms with E-state index < -0.39 is 11.2 Å². The number of fused-ring (bicyclic) bond motifs is 1. The molecule has 4 aromatic heterocycles. The van der Waals surface area contributed by atoms with Gasteiger partial charge in [0.2, 0.25) is 5.91 Å². The van der Waals surface area contributed by atoms with E-state index in [-0.39, 0.29) is 23.6 Å². The third-order valence-corrected chi connectivity index (χ3v) is 5.38. The van der Waals surface area contributed by atoms with Crippen molar-refractivity contribution >= 4 is 28.4 Å².